The second-order valence-electron chi connectivity index (χ2n) is 5.77. The zero-order valence-corrected chi connectivity index (χ0v) is 11.9. The third-order valence-corrected chi connectivity index (χ3v) is 3.95. The number of carbonyl (C=O) groups excluding carboxylic acids is 1. The van der Waals surface area contributed by atoms with Gasteiger partial charge in [0.25, 0.3) is 0 Å². The van der Waals surface area contributed by atoms with Crippen molar-refractivity contribution in [3.05, 3.63) is 30.3 Å². The lowest BCUT2D eigenvalue weighted by molar-refractivity contribution is -0.117. The summed E-state index contributed by atoms with van der Waals surface area (Å²) in [5, 5.41) is 6.28. The molecule has 0 aromatic heterocycles. The van der Waals surface area contributed by atoms with Crippen molar-refractivity contribution < 1.29 is 4.79 Å². The lowest BCUT2D eigenvalue weighted by atomic mass is 10.1. The molecule has 3 unspecified atom stereocenters. The zero-order chi connectivity index (χ0) is 13.7. The van der Waals surface area contributed by atoms with Crippen LogP contribution in [0.2, 0.25) is 0 Å². The van der Waals surface area contributed by atoms with Gasteiger partial charge in [-0.05, 0) is 50.3 Å². The number of anilines is 1. The van der Waals surface area contributed by atoms with Crippen LogP contribution in [0.4, 0.5) is 5.69 Å². The van der Waals surface area contributed by atoms with Gasteiger partial charge < -0.3 is 10.6 Å². The quantitative estimate of drug-likeness (QED) is 0.854. The van der Waals surface area contributed by atoms with Crippen LogP contribution >= 0.6 is 0 Å². The Morgan fingerprint density at radius 1 is 1.32 bits per heavy atom. The van der Waals surface area contributed by atoms with Gasteiger partial charge in [0, 0.05) is 5.69 Å². The van der Waals surface area contributed by atoms with Crippen LogP contribution in [0.5, 0.6) is 0 Å². The average Bonchev–Trinajstić information content (AvgIpc) is 2.83. The molecule has 1 amide bonds. The van der Waals surface area contributed by atoms with E-state index in [2.05, 4.69) is 17.6 Å². The maximum Gasteiger partial charge on any atom is 0.241 e. The van der Waals surface area contributed by atoms with E-state index < -0.39 is 0 Å². The van der Waals surface area contributed by atoms with Crippen molar-refractivity contribution in [3.8, 4) is 0 Å². The molecule has 0 aliphatic heterocycles. The number of carbonyl (C=O) groups is 1. The highest BCUT2D eigenvalue weighted by Crippen LogP contribution is 2.29. The highest BCUT2D eigenvalue weighted by molar-refractivity contribution is 5.94. The molecule has 1 aromatic rings. The number of hydrogen-bond acceptors (Lipinski definition) is 2. The number of rotatable bonds is 5. The van der Waals surface area contributed by atoms with E-state index in [1.807, 2.05) is 37.3 Å². The maximum absolute atomic E-state index is 12.0. The van der Waals surface area contributed by atoms with Gasteiger partial charge in [-0.25, -0.2) is 0 Å². The van der Waals surface area contributed by atoms with E-state index in [-0.39, 0.29) is 11.9 Å². The van der Waals surface area contributed by atoms with Gasteiger partial charge in [0.05, 0.1) is 6.04 Å². The summed E-state index contributed by atoms with van der Waals surface area (Å²) < 4.78 is 0. The van der Waals surface area contributed by atoms with Crippen molar-refractivity contribution in [2.75, 3.05) is 11.9 Å². The largest absolute Gasteiger partial charge is 0.325 e. The van der Waals surface area contributed by atoms with Gasteiger partial charge in [0.1, 0.15) is 0 Å². The highest BCUT2D eigenvalue weighted by Gasteiger charge is 2.22. The summed E-state index contributed by atoms with van der Waals surface area (Å²) in [5.41, 5.74) is 0.857. The minimum Gasteiger partial charge on any atom is -0.325 e. The number of hydrogen-bond donors (Lipinski definition) is 2. The second-order valence-corrected chi connectivity index (χ2v) is 5.77. The summed E-state index contributed by atoms with van der Waals surface area (Å²) in [4.78, 5) is 12.0. The summed E-state index contributed by atoms with van der Waals surface area (Å²) in [6.07, 6.45) is 3.91. The predicted octanol–water partition coefficient (Wildman–Crippen LogP) is 3.04. The fourth-order valence-electron chi connectivity index (χ4n) is 2.72. The van der Waals surface area contributed by atoms with Crippen molar-refractivity contribution in [1.82, 2.24) is 5.32 Å². The third kappa shape index (κ3) is 4.35. The smallest absolute Gasteiger partial charge is 0.241 e. The molecule has 0 radical (unpaired) electrons. The van der Waals surface area contributed by atoms with Crippen molar-refractivity contribution >= 4 is 11.6 Å². The first-order chi connectivity index (χ1) is 9.15. The zero-order valence-electron chi connectivity index (χ0n) is 11.9. The molecule has 1 saturated carbocycles. The molecule has 1 fully saturated rings. The van der Waals surface area contributed by atoms with Crippen LogP contribution in [0.25, 0.3) is 0 Å². The normalized spacial score (nSPS) is 24.1. The fourth-order valence-corrected chi connectivity index (χ4v) is 2.72. The van der Waals surface area contributed by atoms with E-state index in [1.165, 1.54) is 19.3 Å². The molecule has 0 bridgehead atoms. The molecule has 3 heteroatoms. The van der Waals surface area contributed by atoms with Crippen LogP contribution in [-0.4, -0.2) is 18.5 Å². The minimum atomic E-state index is -0.142. The molecule has 1 aliphatic carbocycles. The first kappa shape index (κ1) is 14.1. The molecule has 0 heterocycles. The van der Waals surface area contributed by atoms with Crippen molar-refractivity contribution in [1.29, 1.82) is 0 Å². The van der Waals surface area contributed by atoms with E-state index >= 15 is 0 Å². The van der Waals surface area contributed by atoms with Crippen LogP contribution in [0.1, 0.15) is 33.1 Å². The standard InChI is InChI=1S/C16H24N2O/c1-12-8-9-14(10-12)11-17-13(2)16(19)18-15-6-4-3-5-7-15/h3-7,12-14,17H,8-11H2,1-2H3,(H,18,19). The van der Waals surface area contributed by atoms with Gasteiger partial charge in [-0.3, -0.25) is 4.79 Å². The van der Waals surface area contributed by atoms with Gasteiger partial charge in [0.2, 0.25) is 5.91 Å². The summed E-state index contributed by atoms with van der Waals surface area (Å²) in [6, 6.07) is 9.46. The Morgan fingerprint density at radius 3 is 2.68 bits per heavy atom. The molecule has 3 nitrogen and oxygen atoms in total. The summed E-state index contributed by atoms with van der Waals surface area (Å²) >= 11 is 0. The van der Waals surface area contributed by atoms with Crippen molar-refractivity contribution in [3.63, 3.8) is 0 Å². The molecule has 2 N–H and O–H groups in total. The SMILES string of the molecule is CC1CCC(CNC(C)C(=O)Nc2ccccc2)C1. The Bertz CT molecular complexity index is 404. The molecule has 0 saturated heterocycles. The number of nitrogens with one attached hydrogen (secondary N) is 2. The first-order valence-corrected chi connectivity index (χ1v) is 7.24. The third-order valence-electron chi connectivity index (χ3n) is 3.95. The van der Waals surface area contributed by atoms with E-state index in [4.69, 9.17) is 0 Å². The second kappa shape index (κ2) is 6.71. The van der Waals surface area contributed by atoms with Crippen LogP contribution < -0.4 is 10.6 Å². The lowest BCUT2D eigenvalue weighted by Gasteiger charge is -2.17. The minimum absolute atomic E-state index is 0.0391. The van der Waals surface area contributed by atoms with Gasteiger partial charge in [0.15, 0.2) is 0 Å². The molecular formula is C16H24N2O. The van der Waals surface area contributed by atoms with Gasteiger partial charge >= 0.3 is 0 Å². The van der Waals surface area contributed by atoms with E-state index in [9.17, 15) is 4.79 Å². The molecule has 1 aromatic carbocycles. The van der Waals surface area contributed by atoms with Crippen LogP contribution in [-0.2, 0) is 4.79 Å². The van der Waals surface area contributed by atoms with Crippen LogP contribution in [0.15, 0.2) is 30.3 Å². The number of benzene rings is 1. The van der Waals surface area contributed by atoms with Crippen LogP contribution in [0.3, 0.4) is 0 Å². The Morgan fingerprint density at radius 2 is 2.05 bits per heavy atom. The molecule has 2 rings (SSSR count). The van der Waals surface area contributed by atoms with Gasteiger partial charge in [-0.15, -0.1) is 0 Å². The Hall–Kier alpha value is -1.35. The van der Waals surface area contributed by atoms with E-state index in [1.54, 1.807) is 0 Å². The number of para-hydroxylation sites is 1. The van der Waals surface area contributed by atoms with E-state index in [0.29, 0.717) is 0 Å². The topological polar surface area (TPSA) is 41.1 Å². The Labute approximate surface area is 115 Å². The molecule has 3 atom stereocenters. The fraction of sp³-hybridized carbons (Fsp3) is 0.562. The average molecular weight is 260 g/mol. The van der Waals surface area contributed by atoms with E-state index in [0.717, 1.165) is 24.1 Å². The maximum atomic E-state index is 12.0. The Kier molecular flexibility index (Phi) is 4.97. The van der Waals surface area contributed by atoms with Crippen molar-refractivity contribution in [2.24, 2.45) is 11.8 Å². The molecular weight excluding hydrogens is 236 g/mol. The summed E-state index contributed by atoms with van der Waals surface area (Å²) in [7, 11) is 0. The molecule has 1 aliphatic rings. The number of amides is 1. The Balaban J connectivity index is 1.73. The molecule has 104 valence electrons. The highest BCUT2D eigenvalue weighted by atomic mass is 16.2. The molecule has 19 heavy (non-hydrogen) atoms. The molecule has 0 spiro atoms. The summed E-state index contributed by atoms with van der Waals surface area (Å²) in [6.45, 7) is 5.19. The summed E-state index contributed by atoms with van der Waals surface area (Å²) in [5.74, 6) is 1.62. The first-order valence-electron chi connectivity index (χ1n) is 7.24. The van der Waals surface area contributed by atoms with Gasteiger partial charge in [-0.1, -0.05) is 31.5 Å². The van der Waals surface area contributed by atoms with Gasteiger partial charge in [-0.2, -0.15) is 0 Å². The monoisotopic (exact) mass is 260 g/mol. The predicted molar refractivity (Wildman–Crippen MR) is 79.0 cm³/mol. The van der Waals surface area contributed by atoms with Crippen LogP contribution in [0, 0.1) is 11.8 Å². The van der Waals surface area contributed by atoms with Crippen molar-refractivity contribution in [2.45, 2.75) is 39.2 Å². The lowest BCUT2D eigenvalue weighted by Crippen LogP contribution is -2.40.